The zero-order valence-corrected chi connectivity index (χ0v) is 9.28. The summed E-state index contributed by atoms with van der Waals surface area (Å²) in [4.78, 5) is 4.27. The molecule has 0 fully saturated rings. The molecule has 2 heterocycles. The van der Waals surface area contributed by atoms with E-state index >= 15 is 0 Å². The van der Waals surface area contributed by atoms with Crippen LogP contribution >= 0.6 is 11.6 Å². The zero-order chi connectivity index (χ0) is 10.7. The molecule has 0 aromatic carbocycles. The third-order valence-corrected chi connectivity index (χ3v) is 2.73. The Kier molecular flexibility index (Phi) is 3.06. The molecular formula is C10H13ClN4. The number of nitrogens with zero attached hydrogens (tertiary/aromatic N) is 3. The minimum atomic E-state index is 0.427. The van der Waals surface area contributed by atoms with Crippen molar-refractivity contribution < 1.29 is 0 Å². The number of fused-ring (bicyclic) bond motifs is 1. The second-order valence-corrected chi connectivity index (χ2v) is 3.89. The lowest BCUT2D eigenvalue weighted by Crippen LogP contribution is -2.13. The van der Waals surface area contributed by atoms with Crippen LogP contribution in [-0.4, -0.2) is 27.0 Å². The Morgan fingerprint density at radius 1 is 1.53 bits per heavy atom. The van der Waals surface area contributed by atoms with Gasteiger partial charge in [0.05, 0.1) is 6.20 Å². The van der Waals surface area contributed by atoms with Gasteiger partial charge >= 0.3 is 0 Å². The van der Waals surface area contributed by atoms with Gasteiger partial charge in [0.1, 0.15) is 5.52 Å². The first-order valence-electron chi connectivity index (χ1n) is 4.89. The summed E-state index contributed by atoms with van der Waals surface area (Å²) in [5.41, 5.74) is 0.985. The van der Waals surface area contributed by atoms with Crippen molar-refractivity contribution in [3.05, 3.63) is 24.7 Å². The second kappa shape index (κ2) is 4.49. The Hall–Kier alpha value is -1.29. The molecule has 0 amide bonds. The first kappa shape index (κ1) is 10.2. The molecule has 1 N–H and O–H groups in total. The van der Waals surface area contributed by atoms with Crippen LogP contribution in [0.2, 0.25) is 0 Å². The quantitative estimate of drug-likeness (QED) is 0.808. The topological polar surface area (TPSA) is 42.2 Å². The van der Waals surface area contributed by atoms with E-state index in [2.05, 4.69) is 22.3 Å². The Balaban J connectivity index is 2.17. The average molecular weight is 225 g/mol. The second-order valence-electron chi connectivity index (χ2n) is 3.58. The largest absolute Gasteiger partial charge is 0.368 e. The minimum Gasteiger partial charge on any atom is -0.368 e. The first-order valence-corrected chi connectivity index (χ1v) is 5.43. The van der Waals surface area contributed by atoms with Gasteiger partial charge in [-0.15, -0.1) is 11.6 Å². The van der Waals surface area contributed by atoms with Crippen LogP contribution in [0.1, 0.15) is 6.92 Å². The molecule has 4 nitrogen and oxygen atoms in total. The van der Waals surface area contributed by atoms with Gasteiger partial charge in [0.15, 0.2) is 5.82 Å². The Morgan fingerprint density at radius 2 is 2.40 bits per heavy atom. The summed E-state index contributed by atoms with van der Waals surface area (Å²) in [5.74, 6) is 1.93. The Labute approximate surface area is 93.3 Å². The van der Waals surface area contributed by atoms with Crippen LogP contribution in [-0.2, 0) is 0 Å². The van der Waals surface area contributed by atoms with E-state index in [4.69, 9.17) is 11.6 Å². The SMILES string of the molecule is CC(CCl)CNc1nccn2nccc12. The van der Waals surface area contributed by atoms with Gasteiger partial charge < -0.3 is 5.32 Å². The van der Waals surface area contributed by atoms with Gasteiger partial charge in [-0.3, -0.25) is 0 Å². The highest BCUT2D eigenvalue weighted by atomic mass is 35.5. The van der Waals surface area contributed by atoms with E-state index in [9.17, 15) is 0 Å². The molecule has 2 rings (SSSR count). The lowest BCUT2D eigenvalue weighted by Gasteiger charge is -2.10. The fourth-order valence-electron chi connectivity index (χ4n) is 1.32. The molecular weight excluding hydrogens is 212 g/mol. The predicted octanol–water partition coefficient (Wildman–Crippen LogP) is 2.02. The molecule has 2 aromatic rings. The number of aromatic nitrogens is 3. The molecule has 0 spiro atoms. The summed E-state index contributed by atoms with van der Waals surface area (Å²) >= 11 is 5.74. The summed E-state index contributed by atoms with van der Waals surface area (Å²) in [6.07, 6.45) is 5.31. The molecule has 0 saturated carbocycles. The normalized spacial score (nSPS) is 12.9. The molecule has 80 valence electrons. The Bertz CT molecular complexity index is 440. The predicted molar refractivity (Wildman–Crippen MR) is 61.4 cm³/mol. The molecule has 0 saturated heterocycles. The van der Waals surface area contributed by atoms with Crippen molar-refractivity contribution in [2.75, 3.05) is 17.7 Å². The van der Waals surface area contributed by atoms with Crippen molar-refractivity contribution in [3.8, 4) is 0 Å². The third kappa shape index (κ3) is 2.21. The molecule has 2 aromatic heterocycles. The van der Waals surface area contributed by atoms with Gasteiger partial charge in [-0.2, -0.15) is 5.10 Å². The van der Waals surface area contributed by atoms with E-state index in [1.807, 2.05) is 12.3 Å². The maximum absolute atomic E-state index is 5.74. The fourth-order valence-corrected chi connectivity index (χ4v) is 1.43. The summed E-state index contributed by atoms with van der Waals surface area (Å²) in [5, 5.41) is 7.41. The van der Waals surface area contributed by atoms with Crippen LogP contribution in [0.4, 0.5) is 5.82 Å². The molecule has 0 bridgehead atoms. The van der Waals surface area contributed by atoms with E-state index < -0.39 is 0 Å². The van der Waals surface area contributed by atoms with Crippen LogP contribution in [0.25, 0.3) is 5.52 Å². The van der Waals surface area contributed by atoms with Gasteiger partial charge in [0.25, 0.3) is 0 Å². The van der Waals surface area contributed by atoms with Crippen molar-refractivity contribution in [3.63, 3.8) is 0 Å². The molecule has 0 aliphatic carbocycles. The third-order valence-electron chi connectivity index (χ3n) is 2.21. The fraction of sp³-hybridized carbons (Fsp3) is 0.400. The van der Waals surface area contributed by atoms with Crippen molar-refractivity contribution in [2.45, 2.75) is 6.92 Å². The number of nitrogens with one attached hydrogen (secondary N) is 1. The lowest BCUT2D eigenvalue weighted by atomic mass is 10.2. The van der Waals surface area contributed by atoms with Gasteiger partial charge in [-0.1, -0.05) is 6.92 Å². The summed E-state index contributed by atoms with van der Waals surface area (Å²) < 4.78 is 1.79. The van der Waals surface area contributed by atoms with E-state index in [0.29, 0.717) is 11.8 Å². The minimum absolute atomic E-state index is 0.427. The smallest absolute Gasteiger partial charge is 0.152 e. The van der Waals surface area contributed by atoms with E-state index in [-0.39, 0.29) is 0 Å². The number of halogens is 1. The molecule has 0 aliphatic rings. The van der Waals surface area contributed by atoms with Crippen molar-refractivity contribution in [1.82, 2.24) is 14.6 Å². The first-order chi connectivity index (χ1) is 7.31. The molecule has 1 atom stereocenters. The van der Waals surface area contributed by atoms with Crippen molar-refractivity contribution in [2.24, 2.45) is 5.92 Å². The maximum Gasteiger partial charge on any atom is 0.152 e. The highest BCUT2D eigenvalue weighted by Crippen LogP contribution is 2.12. The molecule has 0 aliphatic heterocycles. The van der Waals surface area contributed by atoms with Crippen molar-refractivity contribution in [1.29, 1.82) is 0 Å². The maximum atomic E-state index is 5.74. The van der Waals surface area contributed by atoms with Crippen LogP contribution in [0.15, 0.2) is 24.7 Å². The number of alkyl halides is 1. The van der Waals surface area contributed by atoms with Gasteiger partial charge in [-0.25, -0.2) is 9.50 Å². The van der Waals surface area contributed by atoms with E-state index in [1.54, 1.807) is 16.9 Å². The Morgan fingerprint density at radius 3 is 3.20 bits per heavy atom. The highest BCUT2D eigenvalue weighted by molar-refractivity contribution is 6.18. The molecule has 5 heteroatoms. The molecule has 0 radical (unpaired) electrons. The number of hydrogen-bond acceptors (Lipinski definition) is 3. The van der Waals surface area contributed by atoms with E-state index in [1.165, 1.54) is 0 Å². The van der Waals surface area contributed by atoms with E-state index in [0.717, 1.165) is 17.9 Å². The highest BCUT2D eigenvalue weighted by Gasteiger charge is 2.04. The average Bonchev–Trinajstić information content (AvgIpc) is 2.74. The monoisotopic (exact) mass is 224 g/mol. The van der Waals surface area contributed by atoms with Gasteiger partial charge in [-0.05, 0) is 12.0 Å². The molecule has 15 heavy (non-hydrogen) atoms. The standard InChI is InChI=1S/C10H13ClN4/c1-8(6-11)7-13-10-9-2-3-14-15(9)5-4-12-10/h2-5,8H,6-7H2,1H3,(H,12,13). The van der Waals surface area contributed by atoms with Crippen LogP contribution < -0.4 is 5.32 Å². The van der Waals surface area contributed by atoms with Gasteiger partial charge in [0, 0.05) is 24.8 Å². The zero-order valence-electron chi connectivity index (χ0n) is 8.52. The van der Waals surface area contributed by atoms with Crippen LogP contribution in [0, 0.1) is 5.92 Å². The summed E-state index contributed by atoms with van der Waals surface area (Å²) in [6, 6.07) is 1.93. The molecule has 1 unspecified atom stereocenters. The number of hydrogen-bond donors (Lipinski definition) is 1. The summed E-state index contributed by atoms with van der Waals surface area (Å²) in [6.45, 7) is 2.91. The van der Waals surface area contributed by atoms with Crippen molar-refractivity contribution >= 4 is 22.9 Å². The van der Waals surface area contributed by atoms with Crippen LogP contribution in [0.5, 0.6) is 0 Å². The summed E-state index contributed by atoms with van der Waals surface area (Å²) in [7, 11) is 0. The van der Waals surface area contributed by atoms with Crippen LogP contribution in [0.3, 0.4) is 0 Å². The number of rotatable bonds is 4. The number of anilines is 1. The lowest BCUT2D eigenvalue weighted by molar-refractivity contribution is 0.694. The van der Waals surface area contributed by atoms with Gasteiger partial charge in [0.2, 0.25) is 0 Å².